The molecular formula is C16H25ClIN3O2. The zero-order valence-corrected chi connectivity index (χ0v) is 16.7. The maximum absolute atomic E-state index is 11.2. The van der Waals surface area contributed by atoms with E-state index in [9.17, 15) is 4.79 Å². The predicted molar refractivity (Wildman–Crippen MR) is 106 cm³/mol. The smallest absolute Gasteiger partial charge is 0.305 e. The highest BCUT2D eigenvalue weighted by Gasteiger charge is 2.02. The lowest BCUT2D eigenvalue weighted by Gasteiger charge is -2.11. The summed E-state index contributed by atoms with van der Waals surface area (Å²) in [4.78, 5) is 15.3. The normalized spacial score (nSPS) is 10.7. The molecule has 0 spiro atoms. The maximum Gasteiger partial charge on any atom is 0.305 e. The number of hydrogen-bond donors (Lipinski definition) is 2. The second kappa shape index (κ2) is 13.4. The van der Waals surface area contributed by atoms with Gasteiger partial charge in [-0.15, -0.1) is 24.0 Å². The lowest BCUT2D eigenvalue weighted by molar-refractivity contribution is -0.143. The summed E-state index contributed by atoms with van der Waals surface area (Å²) in [7, 11) is 1.73. The highest BCUT2D eigenvalue weighted by Crippen LogP contribution is 2.09. The highest BCUT2D eigenvalue weighted by molar-refractivity contribution is 14.0. The minimum atomic E-state index is -0.157. The number of benzene rings is 1. The van der Waals surface area contributed by atoms with E-state index in [2.05, 4.69) is 15.6 Å². The summed E-state index contributed by atoms with van der Waals surface area (Å²) in [6, 6.07) is 7.80. The van der Waals surface area contributed by atoms with Gasteiger partial charge < -0.3 is 15.4 Å². The molecule has 0 unspecified atom stereocenters. The lowest BCUT2D eigenvalue weighted by Crippen LogP contribution is -2.38. The number of guanidine groups is 1. The molecule has 1 rings (SSSR count). The van der Waals surface area contributed by atoms with E-state index < -0.39 is 0 Å². The Morgan fingerprint density at radius 3 is 2.48 bits per heavy atom. The molecule has 5 nitrogen and oxygen atoms in total. The summed E-state index contributed by atoms with van der Waals surface area (Å²) in [6.07, 6.45) is 2.03. The Hall–Kier alpha value is -1.02. The second-order valence-corrected chi connectivity index (χ2v) is 5.15. The number of esters is 1. The molecule has 0 aromatic heterocycles. The molecule has 0 fully saturated rings. The molecular weight excluding hydrogens is 429 g/mol. The van der Waals surface area contributed by atoms with Crippen LogP contribution in [0.2, 0.25) is 5.02 Å². The summed E-state index contributed by atoms with van der Waals surface area (Å²) in [5.41, 5.74) is 1.22. The molecule has 23 heavy (non-hydrogen) atoms. The molecule has 0 saturated carbocycles. The van der Waals surface area contributed by atoms with Gasteiger partial charge in [-0.2, -0.15) is 0 Å². The molecule has 2 N–H and O–H groups in total. The molecule has 0 bridgehead atoms. The fraction of sp³-hybridized carbons (Fsp3) is 0.500. The second-order valence-electron chi connectivity index (χ2n) is 4.71. The Morgan fingerprint density at radius 1 is 1.22 bits per heavy atom. The molecule has 0 amide bonds. The topological polar surface area (TPSA) is 62.7 Å². The van der Waals surface area contributed by atoms with Gasteiger partial charge in [0.05, 0.1) is 6.61 Å². The number of hydrogen-bond acceptors (Lipinski definition) is 3. The van der Waals surface area contributed by atoms with Gasteiger partial charge in [0.2, 0.25) is 0 Å². The van der Waals surface area contributed by atoms with Crippen molar-refractivity contribution in [2.24, 2.45) is 4.99 Å². The van der Waals surface area contributed by atoms with Crippen LogP contribution in [-0.2, 0) is 16.0 Å². The Balaban J connectivity index is 0.00000484. The quantitative estimate of drug-likeness (QED) is 0.209. The van der Waals surface area contributed by atoms with Crippen molar-refractivity contribution in [1.82, 2.24) is 10.6 Å². The monoisotopic (exact) mass is 453 g/mol. The molecule has 0 heterocycles. The number of carbonyl (C=O) groups is 1. The Kier molecular flexibility index (Phi) is 12.8. The number of aliphatic imine (C=N–C) groups is 1. The van der Waals surface area contributed by atoms with E-state index in [1.807, 2.05) is 31.2 Å². The first kappa shape index (κ1) is 22.0. The number of halogens is 2. The molecule has 0 saturated heterocycles. The van der Waals surface area contributed by atoms with Gasteiger partial charge in [-0.3, -0.25) is 9.79 Å². The molecule has 0 aliphatic carbocycles. The molecule has 0 aliphatic heterocycles. The first-order valence-electron chi connectivity index (χ1n) is 7.50. The van der Waals surface area contributed by atoms with Crippen molar-refractivity contribution < 1.29 is 9.53 Å². The van der Waals surface area contributed by atoms with E-state index in [4.69, 9.17) is 16.3 Å². The van der Waals surface area contributed by atoms with E-state index in [-0.39, 0.29) is 29.9 Å². The maximum atomic E-state index is 11.2. The Morgan fingerprint density at radius 2 is 1.87 bits per heavy atom. The Bertz CT molecular complexity index is 481. The van der Waals surface area contributed by atoms with Gasteiger partial charge in [0, 0.05) is 31.6 Å². The molecule has 0 aliphatic rings. The molecule has 0 atom stereocenters. The van der Waals surface area contributed by atoms with Crippen LogP contribution < -0.4 is 10.6 Å². The average Bonchev–Trinajstić information content (AvgIpc) is 2.51. The first-order chi connectivity index (χ1) is 10.7. The van der Waals surface area contributed by atoms with Gasteiger partial charge in [-0.1, -0.05) is 23.7 Å². The van der Waals surface area contributed by atoms with E-state index in [1.165, 1.54) is 5.56 Å². The van der Waals surface area contributed by atoms with Gasteiger partial charge >= 0.3 is 5.97 Å². The van der Waals surface area contributed by atoms with E-state index in [0.717, 1.165) is 30.4 Å². The summed E-state index contributed by atoms with van der Waals surface area (Å²) < 4.78 is 4.88. The zero-order valence-electron chi connectivity index (χ0n) is 13.6. The van der Waals surface area contributed by atoms with Gasteiger partial charge in [0.15, 0.2) is 5.96 Å². The van der Waals surface area contributed by atoms with Crippen LogP contribution in [-0.4, -0.2) is 38.7 Å². The van der Waals surface area contributed by atoms with E-state index in [1.54, 1.807) is 7.05 Å². The third-order valence-electron chi connectivity index (χ3n) is 3.00. The summed E-state index contributed by atoms with van der Waals surface area (Å²) in [5, 5.41) is 7.15. The molecule has 0 radical (unpaired) electrons. The fourth-order valence-electron chi connectivity index (χ4n) is 1.87. The van der Waals surface area contributed by atoms with E-state index >= 15 is 0 Å². The number of nitrogens with zero attached hydrogens (tertiary/aromatic N) is 1. The van der Waals surface area contributed by atoms with Gasteiger partial charge in [0.25, 0.3) is 0 Å². The minimum absolute atomic E-state index is 0. The van der Waals surface area contributed by atoms with Crippen LogP contribution in [0.15, 0.2) is 29.3 Å². The summed E-state index contributed by atoms with van der Waals surface area (Å²) in [6.45, 7) is 3.70. The first-order valence-corrected chi connectivity index (χ1v) is 7.88. The van der Waals surface area contributed by atoms with Crippen molar-refractivity contribution >= 4 is 47.5 Å². The zero-order chi connectivity index (χ0) is 16.2. The summed E-state index contributed by atoms with van der Waals surface area (Å²) in [5.74, 6) is 0.577. The van der Waals surface area contributed by atoms with E-state index in [0.29, 0.717) is 19.6 Å². The molecule has 1 aromatic rings. The minimum Gasteiger partial charge on any atom is -0.466 e. The van der Waals surface area contributed by atoms with Gasteiger partial charge in [0.1, 0.15) is 0 Å². The third kappa shape index (κ3) is 10.4. The molecule has 1 aromatic carbocycles. The van der Waals surface area contributed by atoms with Crippen molar-refractivity contribution in [3.8, 4) is 0 Å². The predicted octanol–water partition coefficient (Wildman–Crippen LogP) is 3.01. The van der Waals surface area contributed by atoms with Crippen LogP contribution in [0, 0.1) is 0 Å². The molecule has 130 valence electrons. The lowest BCUT2D eigenvalue weighted by atomic mass is 10.1. The molecule has 7 heteroatoms. The standard InChI is InChI=1S/C16H24ClN3O2.HI/c1-3-22-15(21)5-4-11-19-16(18-2)20-12-10-13-6-8-14(17)9-7-13;/h6-9H,3-5,10-12H2,1-2H3,(H2,18,19,20);1H. The van der Waals surface area contributed by atoms with Crippen molar-refractivity contribution in [2.45, 2.75) is 26.2 Å². The fourth-order valence-corrected chi connectivity index (χ4v) is 2.00. The largest absolute Gasteiger partial charge is 0.466 e. The highest BCUT2D eigenvalue weighted by atomic mass is 127. The third-order valence-corrected chi connectivity index (χ3v) is 3.25. The van der Waals surface area contributed by atoms with Crippen LogP contribution in [0.25, 0.3) is 0 Å². The average molecular weight is 454 g/mol. The Labute approximate surface area is 160 Å². The van der Waals surface area contributed by atoms with Crippen LogP contribution in [0.1, 0.15) is 25.3 Å². The van der Waals surface area contributed by atoms with Crippen LogP contribution in [0.4, 0.5) is 0 Å². The number of rotatable bonds is 8. The van der Waals surface area contributed by atoms with Crippen molar-refractivity contribution in [1.29, 1.82) is 0 Å². The summed E-state index contributed by atoms with van der Waals surface area (Å²) >= 11 is 5.85. The van der Waals surface area contributed by atoms with Crippen molar-refractivity contribution in [2.75, 3.05) is 26.7 Å². The van der Waals surface area contributed by atoms with Crippen molar-refractivity contribution in [3.05, 3.63) is 34.9 Å². The van der Waals surface area contributed by atoms with Gasteiger partial charge in [-0.25, -0.2) is 0 Å². The van der Waals surface area contributed by atoms with Crippen LogP contribution in [0.3, 0.4) is 0 Å². The number of carbonyl (C=O) groups excluding carboxylic acids is 1. The van der Waals surface area contributed by atoms with Crippen molar-refractivity contribution in [3.63, 3.8) is 0 Å². The van der Waals surface area contributed by atoms with Crippen LogP contribution in [0.5, 0.6) is 0 Å². The number of ether oxygens (including phenoxy) is 1. The van der Waals surface area contributed by atoms with Gasteiger partial charge in [-0.05, 0) is 37.5 Å². The number of nitrogens with one attached hydrogen (secondary N) is 2. The van der Waals surface area contributed by atoms with Crippen LogP contribution >= 0.6 is 35.6 Å². The SMILES string of the molecule is CCOC(=O)CCCNC(=NC)NCCc1ccc(Cl)cc1.I.